The van der Waals surface area contributed by atoms with Gasteiger partial charge in [-0.3, -0.25) is 4.79 Å². The molecule has 0 fully saturated rings. The SMILES string of the molecule is CSc1cccc(C(Cl)C(C)=O)c1N. The molecular formula is C10H12ClNOS. The van der Waals surface area contributed by atoms with Crippen LogP contribution in [0.3, 0.4) is 0 Å². The van der Waals surface area contributed by atoms with Gasteiger partial charge in [0.05, 0.1) is 5.69 Å². The van der Waals surface area contributed by atoms with E-state index in [1.54, 1.807) is 17.8 Å². The van der Waals surface area contributed by atoms with Gasteiger partial charge in [-0.15, -0.1) is 23.4 Å². The summed E-state index contributed by atoms with van der Waals surface area (Å²) in [5, 5.41) is -0.637. The summed E-state index contributed by atoms with van der Waals surface area (Å²) in [5.74, 6) is -0.0865. The van der Waals surface area contributed by atoms with Crippen molar-refractivity contribution >= 4 is 34.8 Å². The topological polar surface area (TPSA) is 43.1 Å². The van der Waals surface area contributed by atoms with Gasteiger partial charge in [0.15, 0.2) is 5.78 Å². The van der Waals surface area contributed by atoms with E-state index >= 15 is 0 Å². The summed E-state index contributed by atoms with van der Waals surface area (Å²) in [6.07, 6.45) is 1.94. The molecule has 0 bridgehead atoms. The van der Waals surface area contributed by atoms with Gasteiger partial charge >= 0.3 is 0 Å². The smallest absolute Gasteiger partial charge is 0.152 e. The summed E-state index contributed by atoms with van der Waals surface area (Å²) >= 11 is 7.48. The summed E-state index contributed by atoms with van der Waals surface area (Å²) in [6, 6.07) is 5.55. The molecule has 0 saturated carbocycles. The average Bonchev–Trinajstić information content (AvgIpc) is 2.17. The first kappa shape index (κ1) is 11.4. The molecule has 0 saturated heterocycles. The second-order valence-corrected chi connectivity index (χ2v) is 4.22. The average molecular weight is 230 g/mol. The van der Waals surface area contributed by atoms with Gasteiger partial charge in [0.25, 0.3) is 0 Å². The van der Waals surface area contributed by atoms with Gasteiger partial charge in [-0.2, -0.15) is 0 Å². The number of anilines is 1. The van der Waals surface area contributed by atoms with E-state index in [0.717, 1.165) is 4.90 Å². The van der Waals surface area contributed by atoms with Crippen molar-refractivity contribution in [3.63, 3.8) is 0 Å². The van der Waals surface area contributed by atoms with Crippen LogP contribution in [0, 0.1) is 0 Å². The molecule has 1 rings (SSSR count). The molecule has 4 heteroatoms. The van der Waals surface area contributed by atoms with Gasteiger partial charge in [0.1, 0.15) is 5.38 Å². The normalized spacial score (nSPS) is 12.5. The minimum Gasteiger partial charge on any atom is -0.398 e. The van der Waals surface area contributed by atoms with E-state index in [1.165, 1.54) is 6.92 Å². The van der Waals surface area contributed by atoms with Crippen LogP contribution in [0.15, 0.2) is 23.1 Å². The number of nitrogen functional groups attached to an aromatic ring is 1. The van der Waals surface area contributed by atoms with Crippen LogP contribution < -0.4 is 5.73 Å². The molecule has 14 heavy (non-hydrogen) atoms. The molecule has 1 atom stereocenters. The number of rotatable bonds is 3. The Balaban J connectivity index is 3.15. The van der Waals surface area contributed by atoms with Gasteiger partial charge in [-0.05, 0) is 19.2 Å². The minimum absolute atomic E-state index is 0.0865. The first-order valence-corrected chi connectivity index (χ1v) is 5.81. The molecule has 1 unspecified atom stereocenters. The number of thioether (sulfide) groups is 1. The Labute approximate surface area is 92.8 Å². The number of ketones is 1. The maximum atomic E-state index is 11.1. The van der Waals surface area contributed by atoms with Crippen LogP contribution in [0.1, 0.15) is 17.9 Å². The van der Waals surface area contributed by atoms with Crippen molar-refractivity contribution in [1.82, 2.24) is 0 Å². The van der Waals surface area contributed by atoms with Crippen LogP contribution >= 0.6 is 23.4 Å². The summed E-state index contributed by atoms with van der Waals surface area (Å²) in [5.41, 5.74) is 7.18. The second kappa shape index (κ2) is 4.71. The highest BCUT2D eigenvalue weighted by molar-refractivity contribution is 7.98. The van der Waals surface area contributed by atoms with Crippen molar-refractivity contribution in [3.8, 4) is 0 Å². The number of nitrogens with two attached hydrogens (primary N) is 1. The first-order chi connectivity index (χ1) is 6.57. The molecule has 0 amide bonds. The lowest BCUT2D eigenvalue weighted by Crippen LogP contribution is -2.05. The number of para-hydroxylation sites is 1. The molecule has 0 aliphatic heterocycles. The molecule has 2 N–H and O–H groups in total. The second-order valence-electron chi connectivity index (χ2n) is 2.94. The number of carbonyl (C=O) groups excluding carboxylic acids is 1. The van der Waals surface area contributed by atoms with Gasteiger partial charge in [0, 0.05) is 10.5 Å². The zero-order chi connectivity index (χ0) is 10.7. The maximum absolute atomic E-state index is 11.1. The van der Waals surface area contributed by atoms with E-state index < -0.39 is 5.38 Å². The fraction of sp³-hybridized carbons (Fsp3) is 0.300. The van der Waals surface area contributed by atoms with Crippen molar-refractivity contribution < 1.29 is 4.79 Å². The van der Waals surface area contributed by atoms with E-state index in [9.17, 15) is 4.79 Å². The summed E-state index contributed by atoms with van der Waals surface area (Å²) in [4.78, 5) is 12.1. The lowest BCUT2D eigenvalue weighted by atomic mass is 10.1. The maximum Gasteiger partial charge on any atom is 0.152 e. The Hall–Kier alpha value is -0.670. The zero-order valence-corrected chi connectivity index (χ0v) is 9.65. The van der Waals surface area contributed by atoms with Gasteiger partial charge in [-0.1, -0.05) is 12.1 Å². The van der Waals surface area contributed by atoms with Crippen molar-refractivity contribution in [2.75, 3.05) is 12.0 Å². The molecule has 2 nitrogen and oxygen atoms in total. The predicted molar refractivity (Wildman–Crippen MR) is 61.9 cm³/mol. The van der Waals surface area contributed by atoms with Crippen molar-refractivity contribution in [3.05, 3.63) is 23.8 Å². The van der Waals surface area contributed by atoms with Crippen LogP contribution in [-0.4, -0.2) is 12.0 Å². The Kier molecular flexibility index (Phi) is 3.84. The Bertz CT molecular complexity index is 354. The first-order valence-electron chi connectivity index (χ1n) is 4.14. The fourth-order valence-electron chi connectivity index (χ4n) is 1.18. The van der Waals surface area contributed by atoms with E-state index in [-0.39, 0.29) is 5.78 Å². The molecule has 0 radical (unpaired) electrons. The molecular weight excluding hydrogens is 218 g/mol. The lowest BCUT2D eigenvalue weighted by molar-refractivity contribution is -0.116. The number of Topliss-reactive ketones (excluding diaryl/α,β-unsaturated/α-hetero) is 1. The highest BCUT2D eigenvalue weighted by atomic mass is 35.5. The molecule has 0 aliphatic carbocycles. The van der Waals surface area contributed by atoms with Crippen molar-refractivity contribution in [2.45, 2.75) is 17.2 Å². The zero-order valence-electron chi connectivity index (χ0n) is 8.08. The fourth-order valence-corrected chi connectivity index (χ4v) is 1.92. The van der Waals surface area contributed by atoms with E-state index in [2.05, 4.69) is 0 Å². The highest BCUT2D eigenvalue weighted by Gasteiger charge is 2.17. The predicted octanol–water partition coefficient (Wildman–Crippen LogP) is 2.86. The van der Waals surface area contributed by atoms with Crippen LogP contribution in [0.25, 0.3) is 0 Å². The molecule has 76 valence electrons. The minimum atomic E-state index is -0.637. The van der Waals surface area contributed by atoms with Gasteiger partial charge in [-0.25, -0.2) is 0 Å². The molecule has 0 aromatic heterocycles. The Morgan fingerprint density at radius 3 is 2.71 bits per heavy atom. The monoisotopic (exact) mass is 229 g/mol. The molecule has 1 aromatic rings. The van der Waals surface area contributed by atoms with E-state index in [1.807, 2.05) is 18.4 Å². The Morgan fingerprint density at radius 1 is 1.57 bits per heavy atom. The van der Waals surface area contributed by atoms with E-state index in [0.29, 0.717) is 11.3 Å². The number of hydrogen-bond donors (Lipinski definition) is 1. The molecule has 1 aromatic carbocycles. The summed E-state index contributed by atoms with van der Waals surface area (Å²) < 4.78 is 0. The van der Waals surface area contributed by atoms with Gasteiger partial charge in [0.2, 0.25) is 0 Å². The third kappa shape index (κ3) is 2.22. The van der Waals surface area contributed by atoms with Crippen LogP contribution in [-0.2, 0) is 4.79 Å². The van der Waals surface area contributed by atoms with Gasteiger partial charge < -0.3 is 5.73 Å². The molecule has 0 spiro atoms. The summed E-state index contributed by atoms with van der Waals surface area (Å²) in [6.45, 7) is 1.46. The lowest BCUT2D eigenvalue weighted by Gasteiger charge is -2.11. The third-order valence-corrected chi connectivity index (χ3v) is 3.29. The van der Waals surface area contributed by atoms with Crippen LogP contribution in [0.4, 0.5) is 5.69 Å². The highest BCUT2D eigenvalue weighted by Crippen LogP contribution is 2.32. The number of benzene rings is 1. The van der Waals surface area contributed by atoms with Crippen LogP contribution in [0.2, 0.25) is 0 Å². The standard InChI is InChI=1S/C10H12ClNOS/c1-6(13)9(11)7-4-3-5-8(14-2)10(7)12/h3-5,9H,12H2,1-2H3. The molecule has 0 heterocycles. The largest absolute Gasteiger partial charge is 0.398 e. The van der Waals surface area contributed by atoms with Crippen molar-refractivity contribution in [2.24, 2.45) is 0 Å². The van der Waals surface area contributed by atoms with Crippen LogP contribution in [0.5, 0.6) is 0 Å². The number of hydrogen-bond acceptors (Lipinski definition) is 3. The Morgan fingerprint density at radius 2 is 2.21 bits per heavy atom. The number of carbonyl (C=O) groups is 1. The quantitative estimate of drug-likeness (QED) is 0.493. The number of halogens is 1. The number of alkyl halides is 1. The van der Waals surface area contributed by atoms with Crippen molar-refractivity contribution in [1.29, 1.82) is 0 Å². The van der Waals surface area contributed by atoms with E-state index in [4.69, 9.17) is 17.3 Å². The third-order valence-electron chi connectivity index (χ3n) is 1.95. The molecule has 0 aliphatic rings. The summed E-state index contributed by atoms with van der Waals surface area (Å²) in [7, 11) is 0.